The summed E-state index contributed by atoms with van der Waals surface area (Å²) in [5.74, 6) is -0.132. The van der Waals surface area contributed by atoms with Crippen LogP contribution in [0.4, 0.5) is 4.39 Å². The third kappa shape index (κ3) is 4.09. The monoisotopic (exact) mass is 249 g/mol. The van der Waals surface area contributed by atoms with Gasteiger partial charge in [0, 0.05) is 6.04 Å². The molecule has 1 aromatic carbocycles. The second-order valence-corrected chi connectivity index (χ2v) is 6.27. The van der Waals surface area contributed by atoms with E-state index in [1.165, 1.54) is 31.7 Å². The average Bonchev–Trinajstić information content (AvgIpc) is 2.31. The van der Waals surface area contributed by atoms with Crippen molar-refractivity contribution < 1.29 is 4.39 Å². The van der Waals surface area contributed by atoms with Crippen LogP contribution < -0.4 is 5.32 Å². The van der Waals surface area contributed by atoms with Crippen molar-refractivity contribution in [3.63, 3.8) is 0 Å². The SMILES string of the molecule is CC1(C)CCC(NCCc2cccc(F)c2)CC1. The van der Waals surface area contributed by atoms with Crippen molar-refractivity contribution in [3.8, 4) is 0 Å². The van der Waals surface area contributed by atoms with Gasteiger partial charge < -0.3 is 5.32 Å². The van der Waals surface area contributed by atoms with Gasteiger partial charge >= 0.3 is 0 Å². The lowest BCUT2D eigenvalue weighted by Gasteiger charge is -2.34. The predicted molar refractivity (Wildman–Crippen MR) is 74.1 cm³/mol. The number of rotatable bonds is 4. The molecule has 1 aliphatic rings. The first kappa shape index (κ1) is 13.5. The molecule has 18 heavy (non-hydrogen) atoms. The lowest BCUT2D eigenvalue weighted by molar-refractivity contribution is 0.207. The van der Waals surface area contributed by atoms with Crippen LogP contribution in [0, 0.1) is 11.2 Å². The highest BCUT2D eigenvalue weighted by atomic mass is 19.1. The van der Waals surface area contributed by atoms with Gasteiger partial charge in [-0.3, -0.25) is 0 Å². The van der Waals surface area contributed by atoms with Crippen molar-refractivity contribution >= 4 is 0 Å². The molecule has 0 spiro atoms. The maximum Gasteiger partial charge on any atom is 0.123 e. The van der Waals surface area contributed by atoms with E-state index in [1.54, 1.807) is 12.1 Å². The van der Waals surface area contributed by atoms with Gasteiger partial charge in [-0.15, -0.1) is 0 Å². The van der Waals surface area contributed by atoms with Crippen LogP contribution >= 0.6 is 0 Å². The molecular formula is C16H24FN. The van der Waals surface area contributed by atoms with Crippen molar-refractivity contribution in [2.75, 3.05) is 6.54 Å². The van der Waals surface area contributed by atoms with Crippen molar-refractivity contribution in [3.05, 3.63) is 35.6 Å². The molecule has 1 nitrogen and oxygen atoms in total. The third-order valence-corrected chi connectivity index (χ3v) is 4.07. The van der Waals surface area contributed by atoms with Crippen LogP contribution in [0.2, 0.25) is 0 Å². The zero-order chi connectivity index (χ0) is 13.0. The van der Waals surface area contributed by atoms with Gasteiger partial charge in [0.25, 0.3) is 0 Å². The third-order valence-electron chi connectivity index (χ3n) is 4.07. The summed E-state index contributed by atoms with van der Waals surface area (Å²) >= 11 is 0. The summed E-state index contributed by atoms with van der Waals surface area (Å²) in [7, 11) is 0. The molecule has 1 aromatic rings. The minimum Gasteiger partial charge on any atom is -0.314 e. The van der Waals surface area contributed by atoms with E-state index in [9.17, 15) is 4.39 Å². The van der Waals surface area contributed by atoms with Gasteiger partial charge in [-0.25, -0.2) is 4.39 Å². The summed E-state index contributed by atoms with van der Waals surface area (Å²) in [6.45, 7) is 5.67. The Labute approximate surface area is 110 Å². The van der Waals surface area contributed by atoms with Gasteiger partial charge in [-0.1, -0.05) is 26.0 Å². The first-order chi connectivity index (χ1) is 8.55. The molecule has 0 aliphatic heterocycles. The second kappa shape index (κ2) is 5.83. The van der Waals surface area contributed by atoms with Crippen LogP contribution in [0.3, 0.4) is 0 Å². The number of hydrogen-bond acceptors (Lipinski definition) is 1. The topological polar surface area (TPSA) is 12.0 Å². The highest BCUT2D eigenvalue weighted by molar-refractivity contribution is 5.16. The van der Waals surface area contributed by atoms with Crippen LogP contribution in [-0.4, -0.2) is 12.6 Å². The Balaban J connectivity index is 1.70. The minimum atomic E-state index is -0.132. The summed E-state index contributed by atoms with van der Waals surface area (Å²) in [4.78, 5) is 0. The molecule has 0 unspecified atom stereocenters. The molecule has 2 rings (SSSR count). The maximum atomic E-state index is 13.0. The van der Waals surface area contributed by atoms with Gasteiger partial charge in [0.1, 0.15) is 5.82 Å². The Hall–Kier alpha value is -0.890. The van der Waals surface area contributed by atoms with E-state index in [0.29, 0.717) is 11.5 Å². The van der Waals surface area contributed by atoms with Crippen molar-refractivity contribution in [2.24, 2.45) is 5.41 Å². The highest BCUT2D eigenvalue weighted by Gasteiger charge is 2.26. The summed E-state index contributed by atoms with van der Waals surface area (Å²) in [5, 5.41) is 3.60. The van der Waals surface area contributed by atoms with Crippen molar-refractivity contribution in [1.82, 2.24) is 5.32 Å². The molecule has 1 saturated carbocycles. The summed E-state index contributed by atoms with van der Waals surface area (Å²) in [5.41, 5.74) is 1.61. The Bertz CT molecular complexity index is 376. The quantitative estimate of drug-likeness (QED) is 0.852. The number of hydrogen-bond donors (Lipinski definition) is 1. The smallest absolute Gasteiger partial charge is 0.123 e. The fourth-order valence-electron chi connectivity index (χ4n) is 2.72. The van der Waals surface area contributed by atoms with Crippen molar-refractivity contribution in [2.45, 2.75) is 52.0 Å². The summed E-state index contributed by atoms with van der Waals surface area (Å²) in [6, 6.07) is 7.57. The normalized spacial score (nSPS) is 19.9. The molecule has 1 N–H and O–H groups in total. The van der Waals surface area contributed by atoms with E-state index < -0.39 is 0 Å². The zero-order valence-corrected chi connectivity index (χ0v) is 11.5. The molecule has 1 fully saturated rings. The van der Waals surface area contributed by atoms with Crippen LogP contribution in [-0.2, 0) is 6.42 Å². The second-order valence-electron chi connectivity index (χ2n) is 6.27. The maximum absolute atomic E-state index is 13.0. The zero-order valence-electron chi connectivity index (χ0n) is 11.5. The molecule has 2 heteroatoms. The lowest BCUT2D eigenvalue weighted by atomic mass is 9.75. The summed E-state index contributed by atoms with van der Waals surface area (Å²) in [6.07, 6.45) is 6.08. The Morgan fingerprint density at radius 2 is 2.00 bits per heavy atom. The van der Waals surface area contributed by atoms with Crippen LogP contribution in [0.25, 0.3) is 0 Å². The Morgan fingerprint density at radius 1 is 1.28 bits per heavy atom. The number of benzene rings is 1. The molecule has 0 atom stereocenters. The lowest BCUT2D eigenvalue weighted by Crippen LogP contribution is -2.36. The molecule has 0 saturated heterocycles. The van der Waals surface area contributed by atoms with Gasteiger partial charge in [0.05, 0.1) is 0 Å². The average molecular weight is 249 g/mol. The van der Waals surface area contributed by atoms with E-state index in [4.69, 9.17) is 0 Å². The molecule has 0 heterocycles. The largest absolute Gasteiger partial charge is 0.314 e. The van der Waals surface area contributed by atoms with E-state index in [-0.39, 0.29) is 5.82 Å². The van der Waals surface area contributed by atoms with Gasteiger partial charge in [-0.05, 0) is 61.8 Å². The fourth-order valence-corrected chi connectivity index (χ4v) is 2.72. The van der Waals surface area contributed by atoms with E-state index in [2.05, 4.69) is 19.2 Å². The van der Waals surface area contributed by atoms with Crippen LogP contribution in [0.5, 0.6) is 0 Å². The first-order valence-electron chi connectivity index (χ1n) is 7.03. The van der Waals surface area contributed by atoms with Crippen LogP contribution in [0.1, 0.15) is 45.1 Å². The van der Waals surface area contributed by atoms with Gasteiger partial charge in [0.15, 0.2) is 0 Å². The molecule has 0 amide bonds. The molecule has 1 aliphatic carbocycles. The molecule has 0 radical (unpaired) electrons. The van der Waals surface area contributed by atoms with Gasteiger partial charge in [0.2, 0.25) is 0 Å². The van der Waals surface area contributed by atoms with Gasteiger partial charge in [-0.2, -0.15) is 0 Å². The van der Waals surface area contributed by atoms with Crippen molar-refractivity contribution in [1.29, 1.82) is 0 Å². The van der Waals surface area contributed by atoms with Crippen LogP contribution in [0.15, 0.2) is 24.3 Å². The van der Waals surface area contributed by atoms with E-state index >= 15 is 0 Å². The molecule has 100 valence electrons. The van der Waals surface area contributed by atoms with E-state index in [1.807, 2.05) is 6.07 Å². The minimum absolute atomic E-state index is 0.132. The molecular weight excluding hydrogens is 225 g/mol. The molecule has 0 aromatic heterocycles. The molecule has 0 bridgehead atoms. The predicted octanol–water partition coefficient (Wildman–Crippen LogP) is 3.93. The first-order valence-corrected chi connectivity index (χ1v) is 7.03. The van der Waals surface area contributed by atoms with E-state index in [0.717, 1.165) is 18.5 Å². The number of nitrogens with one attached hydrogen (secondary N) is 1. The summed E-state index contributed by atoms with van der Waals surface area (Å²) < 4.78 is 13.0. The number of halogens is 1. The fraction of sp³-hybridized carbons (Fsp3) is 0.625. The Morgan fingerprint density at radius 3 is 2.67 bits per heavy atom. The standard InChI is InChI=1S/C16H24FN/c1-16(2)9-6-15(7-10-16)18-11-8-13-4-3-5-14(17)12-13/h3-5,12,15,18H,6-11H2,1-2H3. The Kier molecular flexibility index (Phi) is 4.39. The highest BCUT2D eigenvalue weighted by Crippen LogP contribution is 2.34.